The maximum Gasteiger partial charge on any atom is 0.267 e. The van der Waals surface area contributed by atoms with Crippen molar-refractivity contribution in [3.63, 3.8) is 0 Å². The molecule has 0 unspecified atom stereocenters. The van der Waals surface area contributed by atoms with Crippen molar-refractivity contribution < 1.29 is 9.59 Å². The number of carbonyl (C=O) groups excluding carboxylic acids is 2. The number of carbonyl (C=O) groups is 2. The van der Waals surface area contributed by atoms with Crippen molar-refractivity contribution >= 4 is 27.7 Å². The third kappa shape index (κ3) is 4.18. The van der Waals surface area contributed by atoms with Crippen molar-refractivity contribution in [1.29, 1.82) is 0 Å². The summed E-state index contributed by atoms with van der Waals surface area (Å²) in [6, 6.07) is 1.78. The van der Waals surface area contributed by atoms with Crippen LogP contribution in [0.15, 0.2) is 16.7 Å². The van der Waals surface area contributed by atoms with Gasteiger partial charge in [0.25, 0.3) is 5.91 Å². The number of amides is 2. The van der Waals surface area contributed by atoms with Crippen LogP contribution in [-0.2, 0) is 11.3 Å². The Bertz CT molecular complexity index is 429. The molecule has 2 amide bonds. The highest BCUT2D eigenvalue weighted by molar-refractivity contribution is 9.10. The molecule has 1 rings (SSSR count). The van der Waals surface area contributed by atoms with Crippen molar-refractivity contribution in [3.8, 4) is 0 Å². The Morgan fingerprint density at radius 2 is 2.17 bits per heavy atom. The standard InChI is InChI=1S/C12H18BrN3O2/c1-3-6-16-8-9(13)7-10(16)12(18)15-5-4-11(17)14-2/h7-8H,3-6H2,1-2H3,(H,14,17)(H,15,18). The van der Waals surface area contributed by atoms with Crippen molar-refractivity contribution in [2.45, 2.75) is 26.3 Å². The Labute approximate surface area is 115 Å². The Morgan fingerprint density at radius 1 is 1.44 bits per heavy atom. The number of hydrogen-bond acceptors (Lipinski definition) is 2. The Kier molecular flexibility index (Phi) is 5.91. The van der Waals surface area contributed by atoms with Gasteiger partial charge < -0.3 is 15.2 Å². The summed E-state index contributed by atoms with van der Waals surface area (Å²) in [6.07, 6.45) is 3.13. The lowest BCUT2D eigenvalue weighted by Crippen LogP contribution is -2.30. The molecule has 1 aromatic heterocycles. The van der Waals surface area contributed by atoms with Crippen molar-refractivity contribution in [2.24, 2.45) is 0 Å². The lowest BCUT2D eigenvalue weighted by molar-refractivity contribution is -0.120. The monoisotopic (exact) mass is 315 g/mol. The lowest BCUT2D eigenvalue weighted by atomic mass is 10.3. The largest absolute Gasteiger partial charge is 0.359 e. The van der Waals surface area contributed by atoms with Gasteiger partial charge in [-0.1, -0.05) is 6.92 Å². The summed E-state index contributed by atoms with van der Waals surface area (Å²) in [5.74, 6) is -0.238. The summed E-state index contributed by atoms with van der Waals surface area (Å²) in [4.78, 5) is 23.0. The van der Waals surface area contributed by atoms with E-state index < -0.39 is 0 Å². The third-order valence-electron chi connectivity index (χ3n) is 2.48. The van der Waals surface area contributed by atoms with E-state index in [0.29, 0.717) is 12.2 Å². The van der Waals surface area contributed by atoms with Crippen LogP contribution < -0.4 is 10.6 Å². The molecule has 0 atom stereocenters. The highest BCUT2D eigenvalue weighted by atomic mass is 79.9. The highest BCUT2D eigenvalue weighted by Crippen LogP contribution is 2.15. The molecule has 0 fully saturated rings. The molecular formula is C12H18BrN3O2. The Hall–Kier alpha value is -1.30. The summed E-state index contributed by atoms with van der Waals surface area (Å²) in [7, 11) is 1.58. The van der Waals surface area contributed by atoms with Gasteiger partial charge in [0.1, 0.15) is 5.69 Å². The summed E-state index contributed by atoms with van der Waals surface area (Å²) in [5, 5.41) is 5.25. The molecule has 2 N–H and O–H groups in total. The molecule has 5 nitrogen and oxygen atoms in total. The summed E-state index contributed by atoms with van der Waals surface area (Å²) >= 11 is 3.36. The smallest absolute Gasteiger partial charge is 0.267 e. The van der Waals surface area contributed by atoms with E-state index in [1.54, 1.807) is 13.1 Å². The molecule has 1 heterocycles. The van der Waals surface area contributed by atoms with Crippen LogP contribution in [0.4, 0.5) is 0 Å². The number of nitrogens with one attached hydrogen (secondary N) is 2. The minimum absolute atomic E-state index is 0.0829. The summed E-state index contributed by atoms with van der Waals surface area (Å²) < 4.78 is 2.78. The SMILES string of the molecule is CCCn1cc(Br)cc1C(=O)NCCC(=O)NC. The number of rotatable bonds is 6. The average Bonchev–Trinajstić information content (AvgIpc) is 2.70. The molecule has 100 valence electrons. The Morgan fingerprint density at radius 3 is 2.78 bits per heavy atom. The molecule has 0 saturated heterocycles. The van der Waals surface area contributed by atoms with Crippen LogP contribution in [0.5, 0.6) is 0 Å². The number of hydrogen-bond donors (Lipinski definition) is 2. The van der Waals surface area contributed by atoms with Crippen molar-refractivity contribution in [2.75, 3.05) is 13.6 Å². The number of halogens is 1. The minimum atomic E-state index is -0.155. The van der Waals surface area contributed by atoms with Crippen molar-refractivity contribution in [1.82, 2.24) is 15.2 Å². The molecule has 18 heavy (non-hydrogen) atoms. The normalized spacial score (nSPS) is 10.2. The predicted molar refractivity (Wildman–Crippen MR) is 73.4 cm³/mol. The highest BCUT2D eigenvalue weighted by Gasteiger charge is 2.12. The topological polar surface area (TPSA) is 63.1 Å². The van der Waals surface area contributed by atoms with Gasteiger partial charge in [0.2, 0.25) is 5.91 Å². The van der Waals surface area contributed by atoms with Gasteiger partial charge in [-0.15, -0.1) is 0 Å². The molecule has 0 aromatic carbocycles. The first-order valence-corrected chi connectivity index (χ1v) is 6.72. The predicted octanol–water partition coefficient (Wildman–Crippen LogP) is 1.53. The zero-order chi connectivity index (χ0) is 13.5. The van der Waals surface area contributed by atoms with Gasteiger partial charge in [0.05, 0.1) is 0 Å². The van der Waals surface area contributed by atoms with Gasteiger partial charge in [0, 0.05) is 37.2 Å². The van der Waals surface area contributed by atoms with Crippen LogP contribution in [0.1, 0.15) is 30.3 Å². The van der Waals surface area contributed by atoms with Gasteiger partial charge >= 0.3 is 0 Å². The van der Waals surface area contributed by atoms with E-state index in [0.717, 1.165) is 17.4 Å². The number of aryl methyl sites for hydroxylation is 1. The maximum atomic E-state index is 11.9. The molecule has 0 saturated carbocycles. The van der Waals surface area contributed by atoms with E-state index in [1.807, 2.05) is 10.8 Å². The van der Waals surface area contributed by atoms with Crippen LogP contribution >= 0.6 is 15.9 Å². The molecule has 0 aliphatic rings. The molecule has 0 spiro atoms. The van der Waals surface area contributed by atoms with Gasteiger partial charge in [-0.05, 0) is 28.4 Å². The number of aromatic nitrogens is 1. The molecule has 0 aliphatic heterocycles. The molecule has 1 aromatic rings. The fourth-order valence-corrected chi connectivity index (χ4v) is 2.06. The van der Waals surface area contributed by atoms with Gasteiger partial charge in [-0.3, -0.25) is 9.59 Å². The van der Waals surface area contributed by atoms with E-state index in [9.17, 15) is 9.59 Å². The first kappa shape index (κ1) is 14.8. The van der Waals surface area contributed by atoms with Crippen LogP contribution in [0, 0.1) is 0 Å². The first-order chi connectivity index (χ1) is 8.58. The van der Waals surface area contributed by atoms with Crippen LogP contribution in [0.2, 0.25) is 0 Å². The summed E-state index contributed by atoms with van der Waals surface area (Å²) in [6.45, 7) is 3.19. The first-order valence-electron chi connectivity index (χ1n) is 5.93. The van der Waals surface area contributed by atoms with Crippen molar-refractivity contribution in [3.05, 3.63) is 22.4 Å². The molecule has 0 radical (unpaired) electrons. The van der Waals surface area contributed by atoms with E-state index in [-0.39, 0.29) is 18.2 Å². The van der Waals surface area contributed by atoms with Gasteiger partial charge in [0.15, 0.2) is 0 Å². The summed E-state index contributed by atoms with van der Waals surface area (Å²) in [5.41, 5.74) is 0.612. The Balaban J connectivity index is 2.58. The zero-order valence-corrected chi connectivity index (χ0v) is 12.2. The molecular weight excluding hydrogens is 298 g/mol. The number of nitrogens with zero attached hydrogens (tertiary/aromatic N) is 1. The minimum Gasteiger partial charge on any atom is -0.359 e. The maximum absolute atomic E-state index is 11.9. The average molecular weight is 316 g/mol. The van der Waals surface area contributed by atoms with Gasteiger partial charge in [-0.25, -0.2) is 0 Å². The second-order valence-electron chi connectivity index (χ2n) is 3.92. The molecule has 0 aliphatic carbocycles. The fourth-order valence-electron chi connectivity index (χ4n) is 1.60. The zero-order valence-electron chi connectivity index (χ0n) is 10.6. The van der Waals surface area contributed by atoms with Crippen LogP contribution in [0.25, 0.3) is 0 Å². The molecule has 6 heteroatoms. The molecule has 0 bridgehead atoms. The van der Waals surface area contributed by atoms with E-state index in [2.05, 4.69) is 33.5 Å². The lowest BCUT2D eigenvalue weighted by Gasteiger charge is -2.08. The van der Waals surface area contributed by atoms with Gasteiger partial charge in [-0.2, -0.15) is 0 Å². The fraction of sp³-hybridized carbons (Fsp3) is 0.500. The van der Waals surface area contributed by atoms with E-state index >= 15 is 0 Å². The van der Waals surface area contributed by atoms with Crippen LogP contribution in [0.3, 0.4) is 0 Å². The quantitative estimate of drug-likeness (QED) is 0.836. The third-order valence-corrected chi connectivity index (χ3v) is 2.91. The van der Waals surface area contributed by atoms with E-state index in [1.165, 1.54) is 0 Å². The van der Waals surface area contributed by atoms with Crippen LogP contribution in [-0.4, -0.2) is 30.0 Å². The second-order valence-corrected chi connectivity index (χ2v) is 4.83. The van der Waals surface area contributed by atoms with E-state index in [4.69, 9.17) is 0 Å². The second kappa shape index (κ2) is 7.20.